The van der Waals surface area contributed by atoms with Gasteiger partial charge in [-0.25, -0.2) is 9.18 Å². The predicted octanol–water partition coefficient (Wildman–Crippen LogP) is 0.462. The summed E-state index contributed by atoms with van der Waals surface area (Å²) < 4.78 is 12.9. The number of imide groups is 1. The van der Waals surface area contributed by atoms with Crippen molar-refractivity contribution in [3.63, 3.8) is 0 Å². The lowest BCUT2D eigenvalue weighted by molar-refractivity contribution is -0.143. The highest BCUT2D eigenvalue weighted by Gasteiger charge is 2.52. The Morgan fingerprint density at radius 3 is 2.70 bits per heavy atom. The van der Waals surface area contributed by atoms with Crippen molar-refractivity contribution in [3.8, 4) is 0 Å². The lowest BCUT2D eigenvalue weighted by Crippen LogP contribution is -2.44. The number of aromatic nitrogens is 1. The quantitative estimate of drug-likeness (QED) is 0.781. The molecule has 8 heteroatoms. The Balaban J connectivity index is 2.42. The number of halogens is 1. The zero-order chi connectivity index (χ0) is 14.9. The van der Waals surface area contributed by atoms with Crippen molar-refractivity contribution in [2.75, 3.05) is 6.54 Å². The van der Waals surface area contributed by atoms with Crippen molar-refractivity contribution in [3.05, 3.63) is 29.8 Å². The molecule has 1 aliphatic rings. The average Bonchev–Trinajstić information content (AvgIpc) is 2.64. The summed E-state index contributed by atoms with van der Waals surface area (Å²) in [5.74, 6) is -2.57. The van der Waals surface area contributed by atoms with Crippen LogP contribution in [0.1, 0.15) is 19.0 Å². The highest BCUT2D eigenvalue weighted by molar-refractivity contribution is 6.08. The molecule has 20 heavy (non-hydrogen) atoms. The van der Waals surface area contributed by atoms with Crippen molar-refractivity contribution >= 4 is 17.9 Å². The van der Waals surface area contributed by atoms with Gasteiger partial charge >= 0.3 is 12.0 Å². The van der Waals surface area contributed by atoms with Crippen LogP contribution in [0.25, 0.3) is 0 Å². The number of carbonyl (C=O) groups is 3. The van der Waals surface area contributed by atoms with Crippen LogP contribution in [0.3, 0.4) is 0 Å². The Bertz CT molecular complexity index is 575. The molecule has 0 radical (unpaired) electrons. The zero-order valence-corrected chi connectivity index (χ0v) is 10.6. The summed E-state index contributed by atoms with van der Waals surface area (Å²) in [6.07, 6.45) is 1.11. The van der Waals surface area contributed by atoms with E-state index < -0.39 is 35.8 Å². The Morgan fingerprint density at radius 2 is 2.20 bits per heavy atom. The molecule has 1 aromatic rings. The number of carboxylic acid groups (broad SMARTS) is 1. The lowest BCUT2D eigenvalue weighted by Gasteiger charge is -2.24. The van der Waals surface area contributed by atoms with Gasteiger partial charge in [0.1, 0.15) is 12.4 Å². The van der Waals surface area contributed by atoms with Crippen molar-refractivity contribution < 1.29 is 23.9 Å². The molecule has 1 unspecified atom stereocenters. The van der Waals surface area contributed by atoms with E-state index >= 15 is 0 Å². The number of nitrogens with one attached hydrogen (secondary N) is 1. The molecular weight excluding hydrogens is 269 g/mol. The number of hydrogen-bond donors (Lipinski definition) is 2. The number of urea groups is 1. The fourth-order valence-electron chi connectivity index (χ4n) is 2.13. The molecule has 1 saturated heterocycles. The number of aliphatic carboxylic acids is 1. The molecule has 2 rings (SSSR count). The van der Waals surface area contributed by atoms with E-state index in [0.717, 1.165) is 12.3 Å². The van der Waals surface area contributed by atoms with Crippen molar-refractivity contribution in [1.82, 2.24) is 15.2 Å². The van der Waals surface area contributed by atoms with E-state index in [4.69, 9.17) is 5.11 Å². The minimum absolute atomic E-state index is 0.173. The normalized spacial score (nSPS) is 22.0. The summed E-state index contributed by atoms with van der Waals surface area (Å²) in [5.41, 5.74) is -1.27. The van der Waals surface area contributed by atoms with Crippen LogP contribution in [0.4, 0.5) is 9.18 Å². The van der Waals surface area contributed by atoms with Crippen LogP contribution in [0.15, 0.2) is 18.3 Å². The monoisotopic (exact) mass is 281 g/mol. The molecule has 2 heterocycles. The van der Waals surface area contributed by atoms with E-state index in [1.807, 2.05) is 0 Å². The van der Waals surface area contributed by atoms with E-state index in [0.29, 0.717) is 4.90 Å². The second-order valence-electron chi connectivity index (χ2n) is 4.34. The van der Waals surface area contributed by atoms with Crippen molar-refractivity contribution in [2.24, 2.45) is 0 Å². The standard InChI is InChI=1S/C12H12FN3O4/c1-2-12(8-4-3-7(13)5-14-8)10(19)16(6-9(17)18)11(20)15-12/h3-5H,2,6H2,1H3,(H,15,20)(H,17,18). The van der Waals surface area contributed by atoms with E-state index in [2.05, 4.69) is 10.3 Å². The summed E-state index contributed by atoms with van der Waals surface area (Å²) in [5, 5.41) is 11.2. The summed E-state index contributed by atoms with van der Waals surface area (Å²) >= 11 is 0. The van der Waals surface area contributed by atoms with Gasteiger partial charge in [-0.15, -0.1) is 0 Å². The van der Waals surface area contributed by atoms with Gasteiger partial charge in [0.2, 0.25) is 0 Å². The Morgan fingerprint density at radius 1 is 1.50 bits per heavy atom. The van der Waals surface area contributed by atoms with Crippen LogP contribution in [0, 0.1) is 5.82 Å². The Hall–Kier alpha value is -2.51. The second-order valence-corrected chi connectivity index (χ2v) is 4.34. The maximum absolute atomic E-state index is 12.9. The SMILES string of the molecule is CCC1(c2ccc(F)cn2)NC(=O)N(CC(=O)O)C1=O. The summed E-state index contributed by atoms with van der Waals surface area (Å²) in [7, 11) is 0. The third-order valence-electron chi connectivity index (χ3n) is 3.16. The first-order valence-electron chi connectivity index (χ1n) is 5.88. The second kappa shape index (κ2) is 4.87. The van der Waals surface area contributed by atoms with Gasteiger partial charge in [-0.05, 0) is 18.6 Å². The Kier molecular flexibility index (Phi) is 3.39. The molecular formula is C12H12FN3O4. The van der Waals surface area contributed by atoms with E-state index in [-0.39, 0.29) is 12.1 Å². The Labute approximate surface area is 113 Å². The molecule has 0 aromatic carbocycles. The molecule has 3 amide bonds. The van der Waals surface area contributed by atoms with Crippen LogP contribution in [-0.2, 0) is 15.1 Å². The van der Waals surface area contributed by atoms with Gasteiger partial charge in [0.05, 0.1) is 11.9 Å². The van der Waals surface area contributed by atoms with E-state index in [9.17, 15) is 18.8 Å². The molecule has 2 N–H and O–H groups in total. The third kappa shape index (κ3) is 2.09. The number of amides is 3. The van der Waals surface area contributed by atoms with Gasteiger partial charge in [0.15, 0.2) is 5.54 Å². The number of hydrogen-bond acceptors (Lipinski definition) is 4. The summed E-state index contributed by atoms with van der Waals surface area (Å²) in [6.45, 7) is 0.918. The van der Waals surface area contributed by atoms with Crippen LogP contribution >= 0.6 is 0 Å². The van der Waals surface area contributed by atoms with Gasteiger partial charge in [-0.3, -0.25) is 19.5 Å². The van der Waals surface area contributed by atoms with Gasteiger partial charge < -0.3 is 10.4 Å². The molecule has 0 aliphatic carbocycles. The molecule has 1 fully saturated rings. The molecule has 0 spiro atoms. The maximum atomic E-state index is 12.9. The molecule has 1 aromatic heterocycles. The number of carbonyl (C=O) groups excluding carboxylic acids is 2. The first-order valence-corrected chi connectivity index (χ1v) is 5.88. The summed E-state index contributed by atoms with van der Waals surface area (Å²) in [4.78, 5) is 39.2. The molecule has 1 aliphatic heterocycles. The highest BCUT2D eigenvalue weighted by atomic mass is 19.1. The van der Waals surface area contributed by atoms with E-state index in [1.165, 1.54) is 6.07 Å². The third-order valence-corrected chi connectivity index (χ3v) is 3.16. The fraction of sp³-hybridized carbons (Fsp3) is 0.333. The predicted molar refractivity (Wildman–Crippen MR) is 64.0 cm³/mol. The van der Waals surface area contributed by atoms with Gasteiger partial charge in [0.25, 0.3) is 5.91 Å². The van der Waals surface area contributed by atoms with Crippen molar-refractivity contribution in [1.29, 1.82) is 0 Å². The minimum Gasteiger partial charge on any atom is -0.480 e. The molecule has 0 bridgehead atoms. The molecule has 7 nitrogen and oxygen atoms in total. The van der Waals surface area contributed by atoms with Gasteiger partial charge in [-0.2, -0.15) is 0 Å². The maximum Gasteiger partial charge on any atom is 0.325 e. The minimum atomic E-state index is -1.44. The first kappa shape index (κ1) is 13.9. The molecule has 1 atom stereocenters. The topological polar surface area (TPSA) is 99.6 Å². The number of pyridine rings is 1. The van der Waals surface area contributed by atoms with Gasteiger partial charge in [-0.1, -0.05) is 6.92 Å². The summed E-state index contributed by atoms with van der Waals surface area (Å²) in [6, 6.07) is 1.62. The molecule has 106 valence electrons. The molecule has 0 saturated carbocycles. The lowest BCUT2D eigenvalue weighted by atomic mass is 9.91. The average molecular weight is 281 g/mol. The van der Waals surface area contributed by atoms with Crippen LogP contribution < -0.4 is 5.32 Å². The van der Waals surface area contributed by atoms with E-state index in [1.54, 1.807) is 6.92 Å². The number of nitrogens with zero attached hydrogens (tertiary/aromatic N) is 2. The number of rotatable bonds is 4. The first-order chi connectivity index (χ1) is 9.40. The smallest absolute Gasteiger partial charge is 0.325 e. The largest absolute Gasteiger partial charge is 0.480 e. The van der Waals surface area contributed by atoms with Crippen molar-refractivity contribution in [2.45, 2.75) is 18.9 Å². The number of carboxylic acids is 1. The van der Waals surface area contributed by atoms with Crippen LogP contribution in [-0.4, -0.2) is 39.4 Å². The van der Waals surface area contributed by atoms with Gasteiger partial charge in [0, 0.05) is 0 Å². The van der Waals surface area contributed by atoms with Crippen LogP contribution in [0.5, 0.6) is 0 Å². The zero-order valence-electron chi connectivity index (χ0n) is 10.6. The fourth-order valence-corrected chi connectivity index (χ4v) is 2.13. The van der Waals surface area contributed by atoms with Crippen LogP contribution in [0.2, 0.25) is 0 Å². The highest BCUT2D eigenvalue weighted by Crippen LogP contribution is 2.30.